The monoisotopic (exact) mass is 362 g/mol. The number of carbonyl (C=O) groups excluding carboxylic acids is 1. The molecule has 5 nitrogen and oxygen atoms in total. The maximum atomic E-state index is 12.5. The van der Waals surface area contributed by atoms with E-state index in [1.165, 1.54) is 11.1 Å². The fraction of sp³-hybridized carbons (Fsp3) is 0.273. The minimum Gasteiger partial charge on any atom is -0.308 e. The summed E-state index contributed by atoms with van der Waals surface area (Å²) in [6.45, 7) is 10.7. The molecule has 3 rings (SSSR count). The van der Waals surface area contributed by atoms with Crippen LogP contribution in [0.2, 0.25) is 0 Å². The zero-order chi connectivity index (χ0) is 19.6. The van der Waals surface area contributed by atoms with Gasteiger partial charge in [-0.3, -0.25) is 4.68 Å². The standard InChI is InChI=1S/C22H26N4O/c1-14-10-15(2)12-20(11-14)23-22(27)24-21-17(4)25-26(18(21)5)13-19-9-7-6-8-16(19)3/h6-12H,13H2,1-5H3,(H2,23,24,27). The van der Waals surface area contributed by atoms with E-state index in [-0.39, 0.29) is 6.03 Å². The van der Waals surface area contributed by atoms with E-state index in [9.17, 15) is 4.79 Å². The van der Waals surface area contributed by atoms with Crippen LogP contribution < -0.4 is 10.6 Å². The zero-order valence-electron chi connectivity index (χ0n) is 16.6. The summed E-state index contributed by atoms with van der Waals surface area (Å²) in [5.74, 6) is 0. The molecule has 2 aromatic carbocycles. The van der Waals surface area contributed by atoms with Crippen LogP contribution in [0, 0.1) is 34.6 Å². The first-order valence-electron chi connectivity index (χ1n) is 9.08. The maximum absolute atomic E-state index is 12.5. The summed E-state index contributed by atoms with van der Waals surface area (Å²) in [6, 6.07) is 14.0. The Balaban J connectivity index is 1.76. The van der Waals surface area contributed by atoms with Crippen molar-refractivity contribution in [2.75, 3.05) is 10.6 Å². The van der Waals surface area contributed by atoms with E-state index in [0.29, 0.717) is 6.54 Å². The van der Waals surface area contributed by atoms with Gasteiger partial charge >= 0.3 is 6.03 Å². The molecular weight excluding hydrogens is 336 g/mol. The van der Waals surface area contributed by atoms with Gasteiger partial charge in [-0.15, -0.1) is 0 Å². The molecule has 0 saturated carbocycles. The van der Waals surface area contributed by atoms with Crippen LogP contribution in [0.5, 0.6) is 0 Å². The number of benzene rings is 2. The Morgan fingerprint density at radius 1 is 0.963 bits per heavy atom. The summed E-state index contributed by atoms with van der Waals surface area (Å²) >= 11 is 0. The minimum atomic E-state index is -0.262. The molecule has 0 aliphatic heterocycles. The quantitative estimate of drug-likeness (QED) is 0.677. The van der Waals surface area contributed by atoms with Gasteiger partial charge in [0.25, 0.3) is 0 Å². The first-order valence-corrected chi connectivity index (χ1v) is 9.08. The molecule has 3 aromatic rings. The van der Waals surface area contributed by atoms with Gasteiger partial charge in [-0.25, -0.2) is 4.79 Å². The lowest BCUT2D eigenvalue weighted by atomic mass is 10.1. The average Bonchev–Trinajstić information content (AvgIpc) is 2.83. The summed E-state index contributed by atoms with van der Waals surface area (Å²) in [6.07, 6.45) is 0. The molecular formula is C22H26N4O. The lowest BCUT2D eigenvalue weighted by molar-refractivity contribution is 0.262. The van der Waals surface area contributed by atoms with Gasteiger partial charge in [0.2, 0.25) is 0 Å². The van der Waals surface area contributed by atoms with Gasteiger partial charge in [-0.2, -0.15) is 5.10 Å². The van der Waals surface area contributed by atoms with Crippen molar-refractivity contribution in [2.45, 2.75) is 41.2 Å². The van der Waals surface area contributed by atoms with Crippen molar-refractivity contribution in [1.82, 2.24) is 9.78 Å². The first-order chi connectivity index (χ1) is 12.8. The number of aryl methyl sites for hydroxylation is 4. The van der Waals surface area contributed by atoms with Crippen LogP contribution in [0.1, 0.15) is 33.6 Å². The molecule has 5 heteroatoms. The molecule has 0 aliphatic carbocycles. The Bertz CT molecular complexity index is 968. The third-order valence-corrected chi connectivity index (χ3v) is 4.68. The van der Waals surface area contributed by atoms with Crippen LogP contribution in [-0.2, 0) is 6.54 Å². The third kappa shape index (κ3) is 4.37. The van der Waals surface area contributed by atoms with Crippen molar-refractivity contribution >= 4 is 17.4 Å². The van der Waals surface area contributed by atoms with Crippen LogP contribution in [0.4, 0.5) is 16.2 Å². The molecule has 0 saturated heterocycles. The molecule has 0 radical (unpaired) electrons. The molecule has 1 heterocycles. The van der Waals surface area contributed by atoms with Crippen LogP contribution in [0.25, 0.3) is 0 Å². The van der Waals surface area contributed by atoms with Crippen molar-refractivity contribution in [2.24, 2.45) is 0 Å². The maximum Gasteiger partial charge on any atom is 0.323 e. The Labute approximate surface area is 160 Å². The van der Waals surface area contributed by atoms with E-state index >= 15 is 0 Å². The molecule has 0 aliphatic rings. The van der Waals surface area contributed by atoms with Crippen LogP contribution in [0.15, 0.2) is 42.5 Å². The first kappa shape index (κ1) is 18.7. The minimum absolute atomic E-state index is 0.262. The van der Waals surface area contributed by atoms with Crippen molar-refractivity contribution < 1.29 is 4.79 Å². The second-order valence-electron chi connectivity index (χ2n) is 7.09. The smallest absolute Gasteiger partial charge is 0.308 e. The summed E-state index contributed by atoms with van der Waals surface area (Å²) in [5.41, 5.74) is 7.95. The van der Waals surface area contributed by atoms with Gasteiger partial charge in [0.05, 0.1) is 23.6 Å². The Morgan fingerprint density at radius 3 is 2.30 bits per heavy atom. The van der Waals surface area contributed by atoms with Crippen LogP contribution in [-0.4, -0.2) is 15.8 Å². The number of anilines is 2. The molecule has 0 atom stereocenters. The zero-order valence-corrected chi connectivity index (χ0v) is 16.6. The summed E-state index contributed by atoms with van der Waals surface area (Å²) in [4.78, 5) is 12.5. The highest BCUT2D eigenvalue weighted by Crippen LogP contribution is 2.22. The molecule has 1 aromatic heterocycles. The Kier molecular flexibility index (Phi) is 5.31. The van der Waals surface area contributed by atoms with Gasteiger partial charge in [-0.05, 0) is 69.0 Å². The van der Waals surface area contributed by atoms with Gasteiger partial charge in [0.1, 0.15) is 0 Å². The molecule has 2 amide bonds. The van der Waals surface area contributed by atoms with E-state index in [1.807, 2.05) is 56.6 Å². The van der Waals surface area contributed by atoms with Crippen molar-refractivity contribution in [3.8, 4) is 0 Å². The SMILES string of the molecule is Cc1cc(C)cc(NC(=O)Nc2c(C)nn(Cc3ccccc3C)c2C)c1. The van der Waals surface area contributed by atoms with E-state index < -0.39 is 0 Å². The lowest BCUT2D eigenvalue weighted by Gasteiger charge is -2.10. The van der Waals surface area contributed by atoms with E-state index in [1.54, 1.807) is 0 Å². The predicted molar refractivity (Wildman–Crippen MR) is 111 cm³/mol. The highest BCUT2D eigenvalue weighted by Gasteiger charge is 2.15. The number of hydrogen-bond acceptors (Lipinski definition) is 2. The van der Waals surface area contributed by atoms with E-state index in [2.05, 4.69) is 40.9 Å². The second kappa shape index (κ2) is 7.66. The Morgan fingerprint density at radius 2 is 1.63 bits per heavy atom. The number of nitrogens with one attached hydrogen (secondary N) is 2. The third-order valence-electron chi connectivity index (χ3n) is 4.68. The number of urea groups is 1. The molecule has 0 spiro atoms. The summed E-state index contributed by atoms with van der Waals surface area (Å²) in [7, 11) is 0. The lowest BCUT2D eigenvalue weighted by Crippen LogP contribution is -2.20. The highest BCUT2D eigenvalue weighted by molar-refractivity contribution is 6.00. The van der Waals surface area contributed by atoms with Gasteiger partial charge in [0, 0.05) is 5.69 Å². The summed E-state index contributed by atoms with van der Waals surface area (Å²) < 4.78 is 1.93. The van der Waals surface area contributed by atoms with Gasteiger partial charge in [-0.1, -0.05) is 30.3 Å². The topological polar surface area (TPSA) is 59.0 Å². The van der Waals surface area contributed by atoms with Gasteiger partial charge < -0.3 is 10.6 Å². The number of carbonyl (C=O) groups is 1. The van der Waals surface area contributed by atoms with E-state index in [0.717, 1.165) is 33.9 Å². The van der Waals surface area contributed by atoms with E-state index in [4.69, 9.17) is 0 Å². The molecule has 140 valence electrons. The molecule has 0 unspecified atom stereocenters. The predicted octanol–water partition coefficient (Wildman–Crippen LogP) is 5.12. The average molecular weight is 362 g/mol. The molecule has 2 N–H and O–H groups in total. The number of amides is 2. The number of hydrogen-bond donors (Lipinski definition) is 2. The van der Waals surface area contributed by atoms with Crippen molar-refractivity contribution in [3.05, 3.63) is 76.1 Å². The second-order valence-corrected chi connectivity index (χ2v) is 7.09. The summed E-state index contributed by atoms with van der Waals surface area (Å²) in [5, 5.41) is 10.5. The molecule has 27 heavy (non-hydrogen) atoms. The largest absolute Gasteiger partial charge is 0.323 e. The highest BCUT2D eigenvalue weighted by atomic mass is 16.2. The fourth-order valence-corrected chi connectivity index (χ4v) is 3.30. The van der Waals surface area contributed by atoms with Crippen LogP contribution in [0.3, 0.4) is 0 Å². The van der Waals surface area contributed by atoms with Gasteiger partial charge in [0.15, 0.2) is 0 Å². The number of nitrogens with zero attached hydrogens (tertiary/aromatic N) is 2. The molecule has 0 bridgehead atoms. The van der Waals surface area contributed by atoms with Crippen molar-refractivity contribution in [3.63, 3.8) is 0 Å². The normalized spacial score (nSPS) is 10.7. The fourth-order valence-electron chi connectivity index (χ4n) is 3.30. The van der Waals surface area contributed by atoms with Crippen LogP contribution >= 0.6 is 0 Å². The number of rotatable bonds is 4. The Hall–Kier alpha value is -3.08. The van der Waals surface area contributed by atoms with Crippen molar-refractivity contribution in [1.29, 1.82) is 0 Å². The molecule has 0 fully saturated rings. The number of aromatic nitrogens is 2.